The molecule has 0 aromatic heterocycles. The average molecular weight is 179 g/mol. The first kappa shape index (κ1) is 11.4. The average Bonchev–Trinajstić information content (AvgIpc) is 2.15. The zero-order chi connectivity index (χ0) is 10.3. The van der Waals surface area contributed by atoms with Crippen molar-refractivity contribution < 1.29 is 9.53 Å². The number of ether oxygens (including phenoxy) is 1. The second kappa shape index (κ2) is 6.01. The van der Waals surface area contributed by atoms with Crippen LogP contribution in [0.2, 0.25) is 0 Å². The first-order chi connectivity index (χ1) is 6.15. The molecule has 0 saturated heterocycles. The van der Waals surface area contributed by atoms with Crippen LogP contribution in [0.1, 0.15) is 19.8 Å². The summed E-state index contributed by atoms with van der Waals surface area (Å²) in [5, 5.41) is 8.55. The lowest BCUT2D eigenvalue weighted by molar-refractivity contribution is -0.141. The normalized spacial score (nSPS) is 11.1. The summed E-state index contributed by atoms with van der Waals surface area (Å²) < 4.78 is 4.91. The number of nitriles is 1. The SMILES string of the molecule is C=CC(=O)OC(CCC)C(=C)C#N. The third-order valence-electron chi connectivity index (χ3n) is 1.51. The second-order valence-corrected chi connectivity index (χ2v) is 2.56. The summed E-state index contributed by atoms with van der Waals surface area (Å²) in [7, 11) is 0. The van der Waals surface area contributed by atoms with Crippen molar-refractivity contribution >= 4 is 5.97 Å². The number of esters is 1. The molecule has 3 nitrogen and oxygen atoms in total. The molecule has 3 heteroatoms. The van der Waals surface area contributed by atoms with Gasteiger partial charge in [-0.15, -0.1) is 0 Å². The fourth-order valence-electron chi connectivity index (χ4n) is 0.827. The van der Waals surface area contributed by atoms with Gasteiger partial charge in [0.2, 0.25) is 0 Å². The van der Waals surface area contributed by atoms with Crippen molar-refractivity contribution in [1.29, 1.82) is 5.26 Å². The lowest BCUT2D eigenvalue weighted by Gasteiger charge is -2.13. The molecule has 0 aromatic carbocycles. The molecule has 0 bridgehead atoms. The maximum absolute atomic E-state index is 10.8. The minimum Gasteiger partial charge on any atom is -0.454 e. The van der Waals surface area contributed by atoms with Gasteiger partial charge in [0.15, 0.2) is 0 Å². The Kier molecular flexibility index (Phi) is 5.29. The van der Waals surface area contributed by atoms with E-state index in [1.54, 1.807) is 0 Å². The lowest BCUT2D eigenvalue weighted by atomic mass is 10.1. The van der Waals surface area contributed by atoms with E-state index >= 15 is 0 Å². The zero-order valence-corrected chi connectivity index (χ0v) is 7.75. The lowest BCUT2D eigenvalue weighted by Crippen LogP contribution is -2.17. The highest BCUT2D eigenvalue weighted by atomic mass is 16.5. The standard InChI is InChI=1S/C10H13NO2/c1-4-6-9(8(3)7-11)13-10(12)5-2/h5,9H,2-4,6H2,1H3. The fourth-order valence-corrected chi connectivity index (χ4v) is 0.827. The highest BCUT2D eigenvalue weighted by Crippen LogP contribution is 2.10. The molecule has 0 saturated carbocycles. The van der Waals surface area contributed by atoms with E-state index in [0.717, 1.165) is 12.5 Å². The Labute approximate surface area is 78.3 Å². The largest absolute Gasteiger partial charge is 0.454 e. The molecule has 0 heterocycles. The number of carbonyl (C=O) groups is 1. The third-order valence-corrected chi connectivity index (χ3v) is 1.51. The Bertz CT molecular complexity index is 250. The summed E-state index contributed by atoms with van der Waals surface area (Å²) >= 11 is 0. The minimum atomic E-state index is -0.519. The van der Waals surface area contributed by atoms with Crippen LogP contribution in [0.15, 0.2) is 24.8 Å². The summed E-state index contributed by atoms with van der Waals surface area (Å²) in [5.74, 6) is -0.519. The van der Waals surface area contributed by atoms with Gasteiger partial charge in [0.1, 0.15) is 6.10 Å². The van der Waals surface area contributed by atoms with E-state index < -0.39 is 12.1 Å². The van der Waals surface area contributed by atoms with E-state index in [4.69, 9.17) is 10.00 Å². The van der Waals surface area contributed by atoms with Crippen LogP contribution in [0.25, 0.3) is 0 Å². The molecule has 0 N–H and O–H groups in total. The van der Waals surface area contributed by atoms with Crippen LogP contribution in [-0.2, 0) is 9.53 Å². The van der Waals surface area contributed by atoms with E-state index in [-0.39, 0.29) is 5.57 Å². The van der Waals surface area contributed by atoms with E-state index in [2.05, 4.69) is 13.2 Å². The van der Waals surface area contributed by atoms with Crippen LogP contribution in [0.5, 0.6) is 0 Å². The highest BCUT2D eigenvalue weighted by Gasteiger charge is 2.14. The first-order valence-electron chi connectivity index (χ1n) is 4.07. The predicted octanol–water partition coefficient (Wildman–Crippen LogP) is 1.96. The molecule has 0 spiro atoms. The van der Waals surface area contributed by atoms with Crippen molar-refractivity contribution in [3.8, 4) is 6.07 Å². The Balaban J connectivity index is 4.26. The van der Waals surface area contributed by atoms with Gasteiger partial charge in [0, 0.05) is 6.08 Å². The van der Waals surface area contributed by atoms with Crippen molar-refractivity contribution in [1.82, 2.24) is 0 Å². The monoisotopic (exact) mass is 179 g/mol. The molecular formula is C10H13NO2. The van der Waals surface area contributed by atoms with Crippen LogP contribution in [0, 0.1) is 11.3 Å². The van der Waals surface area contributed by atoms with Crippen molar-refractivity contribution in [2.75, 3.05) is 0 Å². The Morgan fingerprint density at radius 2 is 2.38 bits per heavy atom. The molecule has 13 heavy (non-hydrogen) atoms. The quantitative estimate of drug-likeness (QED) is 0.368. The van der Waals surface area contributed by atoms with E-state index in [9.17, 15) is 4.79 Å². The fraction of sp³-hybridized carbons (Fsp3) is 0.400. The summed E-state index contributed by atoms with van der Waals surface area (Å²) in [6.07, 6.45) is 2.02. The first-order valence-corrected chi connectivity index (χ1v) is 4.07. The maximum Gasteiger partial charge on any atom is 0.330 e. The van der Waals surface area contributed by atoms with Gasteiger partial charge >= 0.3 is 5.97 Å². The van der Waals surface area contributed by atoms with Crippen molar-refractivity contribution in [3.63, 3.8) is 0 Å². The maximum atomic E-state index is 10.8. The smallest absolute Gasteiger partial charge is 0.330 e. The van der Waals surface area contributed by atoms with Crippen LogP contribution in [0.4, 0.5) is 0 Å². The van der Waals surface area contributed by atoms with E-state index in [1.807, 2.05) is 13.0 Å². The Morgan fingerprint density at radius 3 is 2.77 bits per heavy atom. The van der Waals surface area contributed by atoms with Gasteiger partial charge in [-0.1, -0.05) is 26.5 Å². The van der Waals surface area contributed by atoms with Crippen molar-refractivity contribution in [2.24, 2.45) is 0 Å². The van der Waals surface area contributed by atoms with Gasteiger partial charge < -0.3 is 4.74 Å². The number of carbonyl (C=O) groups excluding carboxylic acids is 1. The number of hydrogen-bond donors (Lipinski definition) is 0. The van der Waals surface area contributed by atoms with Gasteiger partial charge in [-0.2, -0.15) is 5.26 Å². The van der Waals surface area contributed by atoms with E-state index in [0.29, 0.717) is 6.42 Å². The van der Waals surface area contributed by atoms with Crippen molar-refractivity contribution in [3.05, 3.63) is 24.8 Å². The molecule has 1 atom stereocenters. The van der Waals surface area contributed by atoms with Crippen LogP contribution < -0.4 is 0 Å². The predicted molar refractivity (Wildman–Crippen MR) is 49.7 cm³/mol. The molecular weight excluding hydrogens is 166 g/mol. The summed E-state index contributed by atoms with van der Waals surface area (Å²) in [6.45, 7) is 8.72. The van der Waals surface area contributed by atoms with Crippen LogP contribution in [-0.4, -0.2) is 12.1 Å². The number of rotatable bonds is 5. The molecule has 70 valence electrons. The Morgan fingerprint density at radius 1 is 1.77 bits per heavy atom. The van der Waals surface area contributed by atoms with Gasteiger partial charge in [0.05, 0.1) is 11.6 Å². The molecule has 0 aliphatic heterocycles. The summed E-state index contributed by atoms with van der Waals surface area (Å²) in [6, 6.07) is 1.87. The van der Waals surface area contributed by atoms with Crippen molar-refractivity contribution in [2.45, 2.75) is 25.9 Å². The van der Waals surface area contributed by atoms with Crippen LogP contribution >= 0.6 is 0 Å². The topological polar surface area (TPSA) is 50.1 Å². The summed E-state index contributed by atoms with van der Waals surface area (Å²) in [5.41, 5.74) is 0.275. The van der Waals surface area contributed by atoms with Gasteiger partial charge in [-0.25, -0.2) is 4.79 Å². The van der Waals surface area contributed by atoms with E-state index in [1.165, 1.54) is 0 Å². The van der Waals surface area contributed by atoms with Gasteiger partial charge in [0.25, 0.3) is 0 Å². The highest BCUT2D eigenvalue weighted by molar-refractivity contribution is 5.81. The molecule has 0 amide bonds. The Hall–Kier alpha value is -1.56. The minimum absolute atomic E-state index is 0.275. The second-order valence-electron chi connectivity index (χ2n) is 2.56. The van der Waals surface area contributed by atoms with Gasteiger partial charge in [-0.05, 0) is 6.42 Å². The molecule has 0 aliphatic rings. The molecule has 0 aromatic rings. The third kappa shape index (κ3) is 4.12. The number of hydrogen-bond acceptors (Lipinski definition) is 3. The molecule has 0 fully saturated rings. The molecule has 0 radical (unpaired) electrons. The van der Waals surface area contributed by atoms with Gasteiger partial charge in [-0.3, -0.25) is 0 Å². The van der Waals surface area contributed by atoms with Crippen LogP contribution in [0.3, 0.4) is 0 Å². The molecule has 0 aliphatic carbocycles. The molecule has 1 unspecified atom stereocenters. The molecule has 0 rings (SSSR count). The zero-order valence-electron chi connectivity index (χ0n) is 7.75. The number of nitrogens with zero attached hydrogens (tertiary/aromatic N) is 1. The summed E-state index contributed by atoms with van der Waals surface area (Å²) in [4.78, 5) is 10.8.